The molecule has 0 aromatic heterocycles. The van der Waals surface area contributed by atoms with Crippen molar-refractivity contribution in [2.75, 3.05) is 12.4 Å². The first-order valence-corrected chi connectivity index (χ1v) is 5.58. The molecule has 0 unspecified atom stereocenters. The van der Waals surface area contributed by atoms with E-state index in [0.29, 0.717) is 0 Å². The molecule has 7 heteroatoms. The van der Waals surface area contributed by atoms with Crippen LogP contribution < -0.4 is 5.32 Å². The van der Waals surface area contributed by atoms with Crippen LogP contribution in [0.15, 0.2) is 23.3 Å². The Bertz CT molecular complexity index is 572. The Labute approximate surface area is 107 Å². The molecule has 1 heterocycles. The van der Waals surface area contributed by atoms with Gasteiger partial charge in [0, 0.05) is 26.0 Å². The molecule has 1 aliphatic heterocycles. The van der Waals surface area contributed by atoms with Gasteiger partial charge in [0.2, 0.25) is 5.91 Å². The number of halogens is 2. The molecule has 0 aliphatic carbocycles. The van der Waals surface area contributed by atoms with E-state index in [1.807, 2.05) is 0 Å². The summed E-state index contributed by atoms with van der Waals surface area (Å²) >= 11 is 0. The number of nitrogens with zero attached hydrogens (tertiary/aromatic N) is 2. The van der Waals surface area contributed by atoms with Crippen molar-refractivity contribution in [1.82, 2.24) is 5.01 Å². The van der Waals surface area contributed by atoms with Crippen LogP contribution in [-0.4, -0.2) is 29.6 Å². The molecule has 2 rings (SSSR count). The van der Waals surface area contributed by atoms with Crippen molar-refractivity contribution < 1.29 is 18.4 Å². The molecule has 19 heavy (non-hydrogen) atoms. The average molecular weight is 267 g/mol. The van der Waals surface area contributed by atoms with Crippen molar-refractivity contribution in [1.29, 1.82) is 0 Å². The normalized spacial score (nSPS) is 15.2. The van der Waals surface area contributed by atoms with Crippen LogP contribution in [-0.2, 0) is 9.59 Å². The van der Waals surface area contributed by atoms with Gasteiger partial charge in [-0.2, -0.15) is 5.10 Å². The summed E-state index contributed by atoms with van der Waals surface area (Å²) in [6.07, 6.45) is 0.334. The zero-order chi connectivity index (χ0) is 14.0. The standard InChI is InChI=1S/C12H11F2N3O2/c1-17-11(18)5-4-9(16-17)12(19)15-10-6-7(13)2-3-8(10)14/h2-3,6H,4-5H2,1H3,(H,15,19). The van der Waals surface area contributed by atoms with Crippen LogP contribution in [0.1, 0.15) is 12.8 Å². The second kappa shape index (κ2) is 5.13. The molecule has 1 aliphatic rings. The Kier molecular flexibility index (Phi) is 3.55. The number of carbonyl (C=O) groups is 2. The number of nitrogens with one attached hydrogen (secondary N) is 1. The highest BCUT2D eigenvalue weighted by molar-refractivity contribution is 6.43. The molecule has 0 fully saturated rings. The van der Waals surface area contributed by atoms with Gasteiger partial charge in [-0.3, -0.25) is 9.59 Å². The molecule has 1 N–H and O–H groups in total. The van der Waals surface area contributed by atoms with Gasteiger partial charge in [0.1, 0.15) is 17.3 Å². The first-order valence-electron chi connectivity index (χ1n) is 5.58. The predicted octanol–water partition coefficient (Wildman–Crippen LogP) is 1.51. The van der Waals surface area contributed by atoms with Crippen LogP contribution in [0.3, 0.4) is 0 Å². The van der Waals surface area contributed by atoms with Gasteiger partial charge in [-0.25, -0.2) is 13.8 Å². The van der Waals surface area contributed by atoms with Crippen molar-refractivity contribution >= 4 is 23.2 Å². The number of amides is 2. The first-order chi connectivity index (χ1) is 8.97. The van der Waals surface area contributed by atoms with Crippen LogP contribution in [0.5, 0.6) is 0 Å². The molecule has 1 aromatic carbocycles. The lowest BCUT2D eigenvalue weighted by molar-refractivity contribution is -0.130. The molecule has 0 spiro atoms. The molecule has 0 saturated carbocycles. The van der Waals surface area contributed by atoms with Crippen molar-refractivity contribution in [3.05, 3.63) is 29.8 Å². The Morgan fingerprint density at radius 1 is 1.37 bits per heavy atom. The quantitative estimate of drug-likeness (QED) is 0.882. The van der Waals surface area contributed by atoms with Crippen molar-refractivity contribution in [2.45, 2.75) is 12.8 Å². The minimum absolute atomic E-state index is 0.103. The zero-order valence-electron chi connectivity index (χ0n) is 10.1. The maximum atomic E-state index is 13.4. The van der Waals surface area contributed by atoms with Crippen molar-refractivity contribution in [2.24, 2.45) is 5.10 Å². The lowest BCUT2D eigenvalue weighted by Crippen LogP contribution is -2.34. The molecular weight excluding hydrogens is 256 g/mol. The van der Waals surface area contributed by atoms with E-state index in [9.17, 15) is 18.4 Å². The molecule has 0 bridgehead atoms. The number of carbonyl (C=O) groups excluding carboxylic acids is 2. The van der Waals surface area contributed by atoms with E-state index in [2.05, 4.69) is 10.4 Å². The van der Waals surface area contributed by atoms with E-state index in [4.69, 9.17) is 0 Å². The van der Waals surface area contributed by atoms with E-state index < -0.39 is 17.5 Å². The number of anilines is 1. The van der Waals surface area contributed by atoms with Crippen molar-refractivity contribution in [3.8, 4) is 0 Å². The van der Waals surface area contributed by atoms with Gasteiger partial charge >= 0.3 is 0 Å². The molecule has 0 atom stereocenters. The first kappa shape index (κ1) is 13.1. The molecule has 2 amide bonds. The average Bonchev–Trinajstić information content (AvgIpc) is 2.37. The van der Waals surface area contributed by atoms with Crippen LogP contribution in [0.25, 0.3) is 0 Å². The van der Waals surface area contributed by atoms with E-state index in [1.54, 1.807) is 0 Å². The molecule has 1 aromatic rings. The molecule has 100 valence electrons. The van der Waals surface area contributed by atoms with Crippen molar-refractivity contribution in [3.63, 3.8) is 0 Å². The lowest BCUT2D eigenvalue weighted by Gasteiger charge is -2.18. The van der Waals surface area contributed by atoms with E-state index in [0.717, 1.165) is 23.2 Å². The fourth-order valence-electron chi connectivity index (χ4n) is 1.62. The largest absolute Gasteiger partial charge is 0.318 e. The van der Waals surface area contributed by atoms with Gasteiger partial charge in [-0.05, 0) is 12.1 Å². The summed E-state index contributed by atoms with van der Waals surface area (Å²) in [6, 6.07) is 2.75. The molecular formula is C12H11F2N3O2. The predicted molar refractivity (Wildman–Crippen MR) is 64.4 cm³/mol. The Balaban J connectivity index is 2.15. The number of rotatable bonds is 2. The highest BCUT2D eigenvalue weighted by atomic mass is 19.1. The van der Waals surface area contributed by atoms with Crippen LogP contribution in [0, 0.1) is 11.6 Å². The fourth-order valence-corrected chi connectivity index (χ4v) is 1.62. The second-order valence-corrected chi connectivity index (χ2v) is 4.04. The summed E-state index contributed by atoms with van der Waals surface area (Å²) < 4.78 is 26.3. The van der Waals surface area contributed by atoms with Crippen LogP contribution in [0.2, 0.25) is 0 Å². The van der Waals surface area contributed by atoms with Gasteiger partial charge in [0.25, 0.3) is 5.91 Å². The van der Waals surface area contributed by atoms with E-state index in [1.165, 1.54) is 7.05 Å². The zero-order valence-corrected chi connectivity index (χ0v) is 10.1. The number of benzene rings is 1. The lowest BCUT2D eigenvalue weighted by atomic mass is 10.1. The topological polar surface area (TPSA) is 61.8 Å². The van der Waals surface area contributed by atoms with Crippen LogP contribution >= 0.6 is 0 Å². The molecule has 5 nitrogen and oxygen atoms in total. The third-order valence-corrected chi connectivity index (χ3v) is 2.65. The summed E-state index contributed by atoms with van der Waals surface area (Å²) in [5.41, 5.74) is -0.155. The Hall–Kier alpha value is -2.31. The summed E-state index contributed by atoms with van der Waals surface area (Å²) in [7, 11) is 1.43. The number of hydrogen-bond acceptors (Lipinski definition) is 3. The highest BCUT2D eigenvalue weighted by Gasteiger charge is 2.22. The highest BCUT2D eigenvalue weighted by Crippen LogP contribution is 2.16. The maximum Gasteiger partial charge on any atom is 0.271 e. The van der Waals surface area contributed by atoms with Gasteiger partial charge in [0.05, 0.1) is 5.69 Å². The second-order valence-electron chi connectivity index (χ2n) is 4.04. The van der Waals surface area contributed by atoms with E-state index in [-0.39, 0.29) is 30.1 Å². The summed E-state index contributed by atoms with van der Waals surface area (Å²) in [5.74, 6) is -2.25. The monoisotopic (exact) mass is 267 g/mol. The summed E-state index contributed by atoms with van der Waals surface area (Å²) in [6.45, 7) is 0. The Morgan fingerprint density at radius 3 is 2.79 bits per heavy atom. The maximum absolute atomic E-state index is 13.4. The fraction of sp³-hybridized carbons (Fsp3) is 0.250. The molecule has 0 radical (unpaired) electrons. The minimum atomic E-state index is -0.740. The van der Waals surface area contributed by atoms with Gasteiger partial charge in [-0.15, -0.1) is 0 Å². The minimum Gasteiger partial charge on any atom is -0.318 e. The third kappa shape index (κ3) is 2.93. The van der Waals surface area contributed by atoms with Crippen LogP contribution in [0.4, 0.5) is 14.5 Å². The van der Waals surface area contributed by atoms with E-state index >= 15 is 0 Å². The number of hydrazone groups is 1. The SMILES string of the molecule is CN1N=C(C(=O)Nc2cc(F)ccc2F)CCC1=O. The smallest absolute Gasteiger partial charge is 0.271 e. The molecule has 0 saturated heterocycles. The Morgan fingerprint density at radius 2 is 2.11 bits per heavy atom. The van der Waals surface area contributed by atoms with Gasteiger partial charge in [-0.1, -0.05) is 0 Å². The van der Waals surface area contributed by atoms with Gasteiger partial charge < -0.3 is 5.32 Å². The number of hydrogen-bond donors (Lipinski definition) is 1. The van der Waals surface area contributed by atoms with Gasteiger partial charge in [0.15, 0.2) is 0 Å². The summed E-state index contributed by atoms with van der Waals surface area (Å²) in [5, 5.41) is 7.07. The summed E-state index contributed by atoms with van der Waals surface area (Å²) in [4.78, 5) is 23.0. The third-order valence-electron chi connectivity index (χ3n) is 2.65.